The molecule has 0 amide bonds. The average Bonchev–Trinajstić information content (AvgIpc) is 2.28. The average molecular weight is 226 g/mol. The van der Waals surface area contributed by atoms with E-state index < -0.39 is 0 Å². The standard InChI is InChI=1S/C14H30N2/c1-5-14(4)12-16-10-8-15(9-11-16)7-6-13(2)3/h13-14H,5-12H2,1-4H3. The smallest absolute Gasteiger partial charge is 0.0110 e. The van der Waals surface area contributed by atoms with Gasteiger partial charge in [-0.25, -0.2) is 0 Å². The summed E-state index contributed by atoms with van der Waals surface area (Å²) in [7, 11) is 0. The first-order valence-electron chi connectivity index (χ1n) is 7.06. The SMILES string of the molecule is CCC(C)CN1CCN(CCC(C)C)CC1. The van der Waals surface area contributed by atoms with Crippen molar-refractivity contribution in [1.82, 2.24) is 9.80 Å². The van der Waals surface area contributed by atoms with Gasteiger partial charge in [0.25, 0.3) is 0 Å². The molecule has 1 unspecified atom stereocenters. The maximum absolute atomic E-state index is 2.64. The van der Waals surface area contributed by atoms with E-state index in [0.717, 1.165) is 11.8 Å². The molecule has 0 aliphatic carbocycles. The molecule has 1 saturated heterocycles. The summed E-state index contributed by atoms with van der Waals surface area (Å²) in [5, 5.41) is 0. The van der Waals surface area contributed by atoms with Crippen molar-refractivity contribution in [1.29, 1.82) is 0 Å². The van der Waals surface area contributed by atoms with Crippen LogP contribution in [0, 0.1) is 11.8 Å². The molecular formula is C14H30N2. The lowest BCUT2D eigenvalue weighted by molar-refractivity contribution is 0.116. The summed E-state index contributed by atoms with van der Waals surface area (Å²) in [5.41, 5.74) is 0. The Balaban J connectivity index is 2.13. The second-order valence-corrected chi connectivity index (χ2v) is 5.84. The van der Waals surface area contributed by atoms with Gasteiger partial charge in [0, 0.05) is 32.7 Å². The van der Waals surface area contributed by atoms with Crippen molar-refractivity contribution in [2.75, 3.05) is 39.3 Å². The van der Waals surface area contributed by atoms with Crippen LogP contribution < -0.4 is 0 Å². The Kier molecular flexibility index (Phi) is 6.37. The number of rotatable bonds is 6. The van der Waals surface area contributed by atoms with Gasteiger partial charge in [-0.1, -0.05) is 34.1 Å². The third-order valence-corrected chi connectivity index (χ3v) is 3.75. The summed E-state index contributed by atoms with van der Waals surface area (Å²) in [6, 6.07) is 0. The molecular weight excluding hydrogens is 196 g/mol. The van der Waals surface area contributed by atoms with Gasteiger partial charge < -0.3 is 9.80 Å². The van der Waals surface area contributed by atoms with E-state index in [9.17, 15) is 0 Å². The van der Waals surface area contributed by atoms with E-state index in [4.69, 9.17) is 0 Å². The van der Waals surface area contributed by atoms with Crippen LogP contribution in [0.15, 0.2) is 0 Å². The van der Waals surface area contributed by atoms with E-state index in [-0.39, 0.29) is 0 Å². The summed E-state index contributed by atoms with van der Waals surface area (Å²) in [5.74, 6) is 1.71. The highest BCUT2D eigenvalue weighted by atomic mass is 15.3. The predicted molar refractivity (Wildman–Crippen MR) is 71.8 cm³/mol. The summed E-state index contributed by atoms with van der Waals surface area (Å²) in [4.78, 5) is 5.27. The number of hydrogen-bond acceptors (Lipinski definition) is 2. The Bertz CT molecular complexity index is 172. The Morgan fingerprint density at radius 1 is 0.938 bits per heavy atom. The molecule has 1 aliphatic rings. The maximum atomic E-state index is 2.64. The number of nitrogens with zero attached hydrogens (tertiary/aromatic N) is 2. The topological polar surface area (TPSA) is 6.48 Å². The molecule has 0 aromatic carbocycles. The Morgan fingerprint density at radius 3 is 2.00 bits per heavy atom. The first kappa shape index (κ1) is 14.0. The van der Waals surface area contributed by atoms with Crippen LogP contribution in [0.5, 0.6) is 0 Å². The van der Waals surface area contributed by atoms with Crippen LogP contribution >= 0.6 is 0 Å². The largest absolute Gasteiger partial charge is 0.301 e. The zero-order valence-corrected chi connectivity index (χ0v) is 11.7. The Hall–Kier alpha value is -0.0800. The van der Waals surface area contributed by atoms with Crippen LogP contribution in [0.4, 0.5) is 0 Å². The molecule has 16 heavy (non-hydrogen) atoms. The zero-order valence-electron chi connectivity index (χ0n) is 11.7. The molecule has 1 heterocycles. The molecule has 0 N–H and O–H groups in total. The van der Waals surface area contributed by atoms with Crippen molar-refractivity contribution >= 4 is 0 Å². The van der Waals surface area contributed by atoms with Gasteiger partial charge >= 0.3 is 0 Å². The Morgan fingerprint density at radius 2 is 1.50 bits per heavy atom. The van der Waals surface area contributed by atoms with E-state index in [1.54, 1.807) is 0 Å². The molecule has 0 aromatic rings. The minimum absolute atomic E-state index is 0.846. The van der Waals surface area contributed by atoms with E-state index in [1.807, 2.05) is 0 Å². The fourth-order valence-electron chi connectivity index (χ4n) is 2.21. The zero-order chi connectivity index (χ0) is 12.0. The molecule has 0 radical (unpaired) electrons. The summed E-state index contributed by atoms with van der Waals surface area (Å²) >= 11 is 0. The lowest BCUT2D eigenvalue weighted by atomic mass is 10.1. The highest BCUT2D eigenvalue weighted by Gasteiger charge is 2.17. The van der Waals surface area contributed by atoms with E-state index in [1.165, 1.54) is 52.1 Å². The fourth-order valence-corrected chi connectivity index (χ4v) is 2.21. The highest BCUT2D eigenvalue weighted by molar-refractivity contribution is 4.73. The Labute approximate surface area is 102 Å². The molecule has 1 rings (SSSR count). The summed E-state index contributed by atoms with van der Waals surface area (Å²) in [6.45, 7) is 17.0. The quantitative estimate of drug-likeness (QED) is 0.687. The molecule has 2 nitrogen and oxygen atoms in total. The maximum Gasteiger partial charge on any atom is 0.0110 e. The predicted octanol–water partition coefficient (Wildman–Crippen LogP) is 2.70. The summed E-state index contributed by atoms with van der Waals surface area (Å²) < 4.78 is 0. The van der Waals surface area contributed by atoms with Crippen LogP contribution in [-0.4, -0.2) is 49.1 Å². The number of piperazine rings is 1. The van der Waals surface area contributed by atoms with Gasteiger partial charge in [0.2, 0.25) is 0 Å². The normalized spacial score (nSPS) is 21.6. The monoisotopic (exact) mass is 226 g/mol. The van der Waals surface area contributed by atoms with E-state index in [2.05, 4.69) is 37.5 Å². The van der Waals surface area contributed by atoms with Crippen molar-refractivity contribution in [3.8, 4) is 0 Å². The van der Waals surface area contributed by atoms with E-state index >= 15 is 0 Å². The van der Waals surface area contributed by atoms with Gasteiger partial charge in [0.1, 0.15) is 0 Å². The molecule has 0 saturated carbocycles. The lowest BCUT2D eigenvalue weighted by Gasteiger charge is -2.36. The molecule has 2 heteroatoms. The van der Waals surface area contributed by atoms with Gasteiger partial charge in [-0.3, -0.25) is 0 Å². The van der Waals surface area contributed by atoms with Crippen molar-refractivity contribution in [2.24, 2.45) is 11.8 Å². The minimum atomic E-state index is 0.846. The molecule has 1 aliphatic heterocycles. The molecule has 96 valence electrons. The summed E-state index contributed by atoms with van der Waals surface area (Å²) in [6.07, 6.45) is 2.67. The first-order chi connectivity index (χ1) is 7.61. The van der Waals surface area contributed by atoms with Crippen molar-refractivity contribution < 1.29 is 0 Å². The molecule has 0 aromatic heterocycles. The van der Waals surface area contributed by atoms with Gasteiger partial charge in [-0.05, 0) is 24.8 Å². The van der Waals surface area contributed by atoms with Gasteiger partial charge in [-0.15, -0.1) is 0 Å². The molecule has 1 atom stereocenters. The van der Waals surface area contributed by atoms with Crippen molar-refractivity contribution in [3.05, 3.63) is 0 Å². The van der Waals surface area contributed by atoms with Gasteiger partial charge in [0.05, 0.1) is 0 Å². The third kappa shape index (κ3) is 5.31. The van der Waals surface area contributed by atoms with Crippen LogP contribution in [-0.2, 0) is 0 Å². The third-order valence-electron chi connectivity index (χ3n) is 3.75. The molecule has 1 fully saturated rings. The van der Waals surface area contributed by atoms with Crippen molar-refractivity contribution in [2.45, 2.75) is 40.5 Å². The highest BCUT2D eigenvalue weighted by Crippen LogP contribution is 2.09. The fraction of sp³-hybridized carbons (Fsp3) is 1.00. The van der Waals surface area contributed by atoms with Crippen LogP contribution in [0.3, 0.4) is 0 Å². The molecule has 0 bridgehead atoms. The van der Waals surface area contributed by atoms with Gasteiger partial charge in [0.15, 0.2) is 0 Å². The molecule has 0 spiro atoms. The van der Waals surface area contributed by atoms with Crippen LogP contribution in [0.1, 0.15) is 40.5 Å². The van der Waals surface area contributed by atoms with E-state index in [0.29, 0.717) is 0 Å². The second-order valence-electron chi connectivity index (χ2n) is 5.84. The van der Waals surface area contributed by atoms with Crippen LogP contribution in [0.25, 0.3) is 0 Å². The minimum Gasteiger partial charge on any atom is -0.301 e. The van der Waals surface area contributed by atoms with Gasteiger partial charge in [-0.2, -0.15) is 0 Å². The number of hydrogen-bond donors (Lipinski definition) is 0. The lowest BCUT2D eigenvalue weighted by Crippen LogP contribution is -2.47. The first-order valence-corrected chi connectivity index (χ1v) is 7.06. The van der Waals surface area contributed by atoms with Crippen LogP contribution in [0.2, 0.25) is 0 Å². The van der Waals surface area contributed by atoms with Crippen molar-refractivity contribution in [3.63, 3.8) is 0 Å². The second kappa shape index (κ2) is 7.29.